The number of hydrogen-bond acceptors (Lipinski definition) is 8. The molecule has 8 nitrogen and oxygen atoms in total. The van der Waals surface area contributed by atoms with Gasteiger partial charge in [-0.05, 0) is 31.5 Å². The highest BCUT2D eigenvalue weighted by atomic mass is 32.2. The van der Waals surface area contributed by atoms with E-state index in [0.717, 1.165) is 46.7 Å². The van der Waals surface area contributed by atoms with Crippen LogP contribution in [0.4, 0.5) is 5.13 Å². The summed E-state index contributed by atoms with van der Waals surface area (Å²) in [4.78, 5) is 4.74. The minimum absolute atomic E-state index is 0.0775. The van der Waals surface area contributed by atoms with Crippen LogP contribution in [-0.4, -0.2) is 34.7 Å². The molecule has 3 N–H and O–H groups in total. The van der Waals surface area contributed by atoms with Gasteiger partial charge in [0, 0.05) is 13.1 Å². The largest absolute Gasteiger partial charge is 0.360 e. The predicted molar refractivity (Wildman–Crippen MR) is 110 cm³/mol. The van der Waals surface area contributed by atoms with E-state index in [0.29, 0.717) is 11.3 Å². The minimum atomic E-state index is -3.75. The highest BCUT2D eigenvalue weighted by molar-refractivity contribution is 8.00. The number of sulfonamides is 1. The van der Waals surface area contributed by atoms with E-state index < -0.39 is 10.0 Å². The normalized spacial score (nSPS) is 12.0. The third-order valence-corrected chi connectivity index (χ3v) is 6.84. The fraction of sp³-hybridized carbons (Fsp3) is 0.438. The first kappa shape index (κ1) is 20.1. The summed E-state index contributed by atoms with van der Waals surface area (Å²) < 4.78 is 26.3. The van der Waals surface area contributed by atoms with Crippen LogP contribution in [0.25, 0.3) is 11.0 Å². The van der Waals surface area contributed by atoms with Crippen molar-refractivity contribution >= 4 is 49.3 Å². The molecule has 0 saturated carbocycles. The average Bonchev–Trinajstić information content (AvgIpc) is 3.21. The molecule has 0 aliphatic heterocycles. The number of fused-ring (bicyclic) bond motifs is 1. The molecule has 27 heavy (non-hydrogen) atoms. The van der Waals surface area contributed by atoms with E-state index in [9.17, 15) is 8.42 Å². The molecular formula is C16H22N6O2S3. The van der Waals surface area contributed by atoms with Crippen molar-refractivity contribution in [3.63, 3.8) is 0 Å². The molecule has 0 spiro atoms. The fourth-order valence-electron chi connectivity index (χ4n) is 2.63. The topological polar surface area (TPSA) is 116 Å². The summed E-state index contributed by atoms with van der Waals surface area (Å²) in [6.07, 6.45) is 2.08. The Hall–Kier alpha value is -1.69. The van der Waals surface area contributed by atoms with Crippen LogP contribution in [0, 0.1) is 0 Å². The van der Waals surface area contributed by atoms with Gasteiger partial charge in [0.2, 0.25) is 15.2 Å². The second-order valence-corrected chi connectivity index (χ2v) is 9.68. The van der Waals surface area contributed by atoms with Crippen molar-refractivity contribution in [1.29, 1.82) is 0 Å². The van der Waals surface area contributed by atoms with Crippen LogP contribution in [0.2, 0.25) is 0 Å². The number of nitrogens with two attached hydrogens (primary N) is 1. The van der Waals surface area contributed by atoms with Crippen LogP contribution >= 0.6 is 23.1 Å². The number of anilines is 1. The lowest BCUT2D eigenvalue weighted by Crippen LogP contribution is -2.11. The smallest absolute Gasteiger partial charge is 0.238 e. The number of rotatable bonds is 9. The summed E-state index contributed by atoms with van der Waals surface area (Å²) >= 11 is 3.08. The number of imidazole rings is 1. The van der Waals surface area contributed by atoms with Gasteiger partial charge in [-0.3, -0.25) is 0 Å². The Balaban J connectivity index is 1.89. The maximum Gasteiger partial charge on any atom is 0.238 e. The van der Waals surface area contributed by atoms with Crippen molar-refractivity contribution in [2.45, 2.75) is 48.2 Å². The van der Waals surface area contributed by atoms with Crippen LogP contribution in [0.1, 0.15) is 32.5 Å². The standard InChI is InChI=1S/C16H22N6O2S3/c1-3-5-8-22-13-7-6-11(27(17,23)24)9-12(13)19-14(22)10-25-16-21-20-15(26-16)18-4-2/h6-7,9H,3-5,8,10H2,1-2H3,(H,18,20)(H2,17,23,24). The molecule has 1 aromatic carbocycles. The lowest BCUT2D eigenvalue weighted by atomic mass is 10.3. The third kappa shape index (κ3) is 4.78. The summed E-state index contributed by atoms with van der Waals surface area (Å²) in [6, 6.07) is 4.85. The number of hydrogen-bond donors (Lipinski definition) is 2. The van der Waals surface area contributed by atoms with E-state index in [1.165, 1.54) is 23.5 Å². The van der Waals surface area contributed by atoms with Crippen molar-refractivity contribution in [2.75, 3.05) is 11.9 Å². The van der Waals surface area contributed by atoms with E-state index in [1.807, 2.05) is 6.92 Å². The van der Waals surface area contributed by atoms with Gasteiger partial charge in [0.25, 0.3) is 0 Å². The number of nitrogens with zero attached hydrogens (tertiary/aromatic N) is 4. The Morgan fingerprint density at radius 1 is 1.30 bits per heavy atom. The van der Waals surface area contributed by atoms with Gasteiger partial charge in [0.15, 0.2) is 4.34 Å². The summed E-state index contributed by atoms with van der Waals surface area (Å²) in [5.41, 5.74) is 1.55. The van der Waals surface area contributed by atoms with Gasteiger partial charge < -0.3 is 9.88 Å². The van der Waals surface area contributed by atoms with E-state index in [4.69, 9.17) is 5.14 Å². The quantitative estimate of drug-likeness (QED) is 0.505. The minimum Gasteiger partial charge on any atom is -0.360 e. The molecule has 0 atom stereocenters. The van der Waals surface area contributed by atoms with Gasteiger partial charge in [-0.25, -0.2) is 18.5 Å². The lowest BCUT2D eigenvalue weighted by Gasteiger charge is -2.08. The molecule has 0 aliphatic rings. The Labute approximate surface area is 166 Å². The molecule has 3 rings (SSSR count). The van der Waals surface area contributed by atoms with Gasteiger partial charge in [0.05, 0.1) is 21.7 Å². The Kier molecular flexibility index (Phi) is 6.35. The molecule has 0 fully saturated rings. The number of aryl methyl sites for hydroxylation is 1. The van der Waals surface area contributed by atoms with E-state index >= 15 is 0 Å². The Bertz CT molecular complexity index is 1030. The zero-order chi connectivity index (χ0) is 19.4. The van der Waals surface area contributed by atoms with Crippen LogP contribution in [0.15, 0.2) is 27.4 Å². The summed E-state index contributed by atoms with van der Waals surface area (Å²) in [7, 11) is -3.75. The van der Waals surface area contributed by atoms with E-state index in [1.54, 1.807) is 17.8 Å². The third-order valence-electron chi connectivity index (χ3n) is 3.92. The maximum absolute atomic E-state index is 11.6. The van der Waals surface area contributed by atoms with Crippen LogP contribution in [0.5, 0.6) is 0 Å². The molecule has 0 radical (unpaired) electrons. The monoisotopic (exact) mass is 426 g/mol. The molecule has 0 aliphatic carbocycles. The second-order valence-electron chi connectivity index (χ2n) is 5.92. The van der Waals surface area contributed by atoms with Crippen molar-refractivity contribution in [1.82, 2.24) is 19.7 Å². The van der Waals surface area contributed by atoms with Gasteiger partial charge in [-0.1, -0.05) is 36.4 Å². The number of thioether (sulfide) groups is 1. The first-order valence-electron chi connectivity index (χ1n) is 8.64. The van der Waals surface area contributed by atoms with Gasteiger partial charge in [-0.2, -0.15) is 0 Å². The molecule has 146 valence electrons. The number of nitrogens with one attached hydrogen (secondary N) is 1. The van der Waals surface area contributed by atoms with E-state index in [-0.39, 0.29) is 4.90 Å². The van der Waals surface area contributed by atoms with Crippen molar-refractivity contribution < 1.29 is 8.42 Å². The van der Waals surface area contributed by atoms with Crippen molar-refractivity contribution in [3.05, 3.63) is 24.0 Å². The molecule has 0 unspecified atom stereocenters. The van der Waals surface area contributed by atoms with Gasteiger partial charge in [-0.15, -0.1) is 10.2 Å². The van der Waals surface area contributed by atoms with Gasteiger partial charge in [0.1, 0.15) is 5.82 Å². The molecular weight excluding hydrogens is 404 g/mol. The SMILES string of the molecule is CCCCn1c(CSc2nnc(NCC)s2)nc2cc(S(N)(=O)=O)ccc21. The average molecular weight is 427 g/mol. The molecule has 0 amide bonds. The fourth-order valence-corrected chi connectivity index (χ4v) is 4.93. The number of unbranched alkanes of at least 4 members (excludes halogenated alkanes) is 1. The molecule has 2 aromatic heterocycles. The first-order chi connectivity index (χ1) is 12.9. The number of benzene rings is 1. The second kappa shape index (κ2) is 8.55. The highest BCUT2D eigenvalue weighted by Gasteiger charge is 2.15. The van der Waals surface area contributed by atoms with Gasteiger partial charge >= 0.3 is 0 Å². The van der Waals surface area contributed by atoms with E-state index in [2.05, 4.69) is 32.0 Å². The zero-order valence-electron chi connectivity index (χ0n) is 15.2. The van der Waals surface area contributed by atoms with Crippen LogP contribution < -0.4 is 10.5 Å². The maximum atomic E-state index is 11.6. The highest BCUT2D eigenvalue weighted by Crippen LogP contribution is 2.30. The van der Waals surface area contributed by atoms with Crippen LogP contribution in [0.3, 0.4) is 0 Å². The molecule has 0 saturated heterocycles. The Morgan fingerprint density at radius 3 is 2.81 bits per heavy atom. The molecule has 11 heteroatoms. The molecule has 0 bridgehead atoms. The first-order valence-corrected chi connectivity index (χ1v) is 12.0. The summed E-state index contributed by atoms with van der Waals surface area (Å²) in [6.45, 7) is 5.78. The zero-order valence-corrected chi connectivity index (χ0v) is 17.6. The lowest BCUT2D eigenvalue weighted by molar-refractivity contribution is 0.598. The predicted octanol–water partition coefficient (Wildman–Crippen LogP) is 3.06. The Morgan fingerprint density at radius 2 is 2.11 bits per heavy atom. The number of primary sulfonamides is 1. The number of aromatic nitrogens is 4. The molecule has 3 aromatic rings. The van der Waals surface area contributed by atoms with Crippen LogP contribution in [-0.2, 0) is 22.3 Å². The molecule has 2 heterocycles. The summed E-state index contributed by atoms with van der Waals surface area (Å²) in [5, 5.41) is 17.5. The van der Waals surface area contributed by atoms with Crippen molar-refractivity contribution in [2.24, 2.45) is 5.14 Å². The summed E-state index contributed by atoms with van der Waals surface area (Å²) in [5.74, 6) is 1.51. The van der Waals surface area contributed by atoms with Crippen molar-refractivity contribution in [3.8, 4) is 0 Å².